The third kappa shape index (κ3) is 4.09. The van der Waals surface area contributed by atoms with Crippen molar-refractivity contribution in [1.82, 2.24) is 14.2 Å². The summed E-state index contributed by atoms with van der Waals surface area (Å²) in [7, 11) is 0. The molecule has 0 aliphatic carbocycles. The predicted octanol–water partition coefficient (Wildman–Crippen LogP) is 4.49. The van der Waals surface area contributed by atoms with Crippen molar-refractivity contribution in [2.45, 2.75) is 27.3 Å². The highest BCUT2D eigenvalue weighted by molar-refractivity contribution is 5.64. The molecule has 1 atom stereocenters. The van der Waals surface area contributed by atoms with Crippen molar-refractivity contribution in [3.8, 4) is 16.9 Å². The van der Waals surface area contributed by atoms with Crippen molar-refractivity contribution in [1.29, 1.82) is 0 Å². The van der Waals surface area contributed by atoms with Crippen LogP contribution in [0.25, 0.3) is 16.8 Å². The van der Waals surface area contributed by atoms with Crippen LogP contribution >= 0.6 is 0 Å². The number of para-hydroxylation sites is 1. The van der Waals surface area contributed by atoms with Crippen LogP contribution in [-0.2, 0) is 6.54 Å². The first-order valence-corrected chi connectivity index (χ1v) is 9.86. The SMILES string of the molecule is Cc1ccc(-c2ccc3nn(CC(C)COc4ccccc4C)c(=O)n3c2)cc1. The molecule has 2 aromatic carbocycles. The molecule has 0 aliphatic rings. The quantitative estimate of drug-likeness (QED) is 0.490. The van der Waals surface area contributed by atoms with E-state index in [1.54, 1.807) is 4.40 Å². The number of fused-ring (bicyclic) bond motifs is 1. The van der Waals surface area contributed by atoms with Gasteiger partial charge in [-0.1, -0.05) is 55.0 Å². The number of pyridine rings is 1. The predicted molar refractivity (Wildman–Crippen MR) is 115 cm³/mol. The van der Waals surface area contributed by atoms with E-state index in [-0.39, 0.29) is 11.6 Å². The van der Waals surface area contributed by atoms with Crippen LogP contribution in [0.1, 0.15) is 18.1 Å². The lowest BCUT2D eigenvalue weighted by Gasteiger charge is -2.13. The summed E-state index contributed by atoms with van der Waals surface area (Å²) in [6, 6.07) is 20.1. The van der Waals surface area contributed by atoms with Crippen molar-refractivity contribution < 1.29 is 4.74 Å². The van der Waals surface area contributed by atoms with Gasteiger partial charge in [0.25, 0.3) is 0 Å². The highest BCUT2D eigenvalue weighted by Gasteiger charge is 2.12. The van der Waals surface area contributed by atoms with E-state index in [1.165, 1.54) is 10.2 Å². The molecular weight excluding hydrogens is 362 g/mol. The fourth-order valence-corrected chi connectivity index (χ4v) is 3.35. The fourth-order valence-electron chi connectivity index (χ4n) is 3.35. The smallest absolute Gasteiger partial charge is 0.350 e. The highest BCUT2D eigenvalue weighted by atomic mass is 16.5. The number of aromatic nitrogens is 3. The summed E-state index contributed by atoms with van der Waals surface area (Å²) >= 11 is 0. The van der Waals surface area contributed by atoms with E-state index in [1.807, 2.05) is 49.5 Å². The Balaban J connectivity index is 1.52. The second-order valence-corrected chi connectivity index (χ2v) is 7.66. The minimum atomic E-state index is -0.128. The molecule has 0 amide bonds. The molecule has 29 heavy (non-hydrogen) atoms. The molecule has 2 aromatic heterocycles. The minimum Gasteiger partial charge on any atom is -0.493 e. The molecule has 0 N–H and O–H groups in total. The van der Waals surface area contributed by atoms with Gasteiger partial charge in [-0.15, -0.1) is 5.10 Å². The summed E-state index contributed by atoms with van der Waals surface area (Å²) in [5.41, 5.74) is 4.91. The zero-order valence-electron chi connectivity index (χ0n) is 17.0. The molecule has 4 aromatic rings. The van der Waals surface area contributed by atoms with Gasteiger partial charge in [-0.2, -0.15) is 0 Å². The van der Waals surface area contributed by atoms with Gasteiger partial charge in [0.1, 0.15) is 5.75 Å². The van der Waals surface area contributed by atoms with Gasteiger partial charge >= 0.3 is 5.69 Å². The second kappa shape index (κ2) is 7.95. The number of rotatable bonds is 6. The summed E-state index contributed by atoms with van der Waals surface area (Å²) in [6.07, 6.45) is 1.86. The van der Waals surface area contributed by atoms with E-state index < -0.39 is 0 Å². The first-order valence-electron chi connectivity index (χ1n) is 9.86. The first-order chi connectivity index (χ1) is 14.0. The van der Waals surface area contributed by atoms with Crippen molar-refractivity contribution in [2.75, 3.05) is 6.61 Å². The first kappa shape index (κ1) is 19.0. The van der Waals surface area contributed by atoms with Gasteiger partial charge in [-0.3, -0.25) is 0 Å². The maximum Gasteiger partial charge on any atom is 0.350 e. The molecule has 0 bridgehead atoms. The summed E-state index contributed by atoms with van der Waals surface area (Å²) in [5.74, 6) is 1.03. The van der Waals surface area contributed by atoms with Crippen molar-refractivity contribution in [3.05, 3.63) is 88.5 Å². The average Bonchev–Trinajstić information content (AvgIpc) is 3.03. The molecule has 1 unspecified atom stereocenters. The number of nitrogens with zero attached hydrogens (tertiary/aromatic N) is 3. The van der Waals surface area contributed by atoms with Crippen LogP contribution in [0.15, 0.2) is 71.7 Å². The van der Waals surface area contributed by atoms with Crippen molar-refractivity contribution in [3.63, 3.8) is 0 Å². The Morgan fingerprint density at radius 1 is 0.966 bits per heavy atom. The van der Waals surface area contributed by atoms with Crippen LogP contribution in [0.4, 0.5) is 0 Å². The van der Waals surface area contributed by atoms with Gasteiger partial charge in [0.2, 0.25) is 0 Å². The second-order valence-electron chi connectivity index (χ2n) is 7.66. The Morgan fingerprint density at radius 3 is 2.45 bits per heavy atom. The Morgan fingerprint density at radius 2 is 1.69 bits per heavy atom. The molecule has 0 radical (unpaired) electrons. The Hall–Kier alpha value is -3.34. The van der Waals surface area contributed by atoms with E-state index >= 15 is 0 Å². The topological polar surface area (TPSA) is 48.5 Å². The number of benzene rings is 2. The zero-order chi connectivity index (χ0) is 20.4. The number of aryl methyl sites for hydroxylation is 2. The van der Waals surface area contributed by atoms with Crippen LogP contribution in [-0.4, -0.2) is 20.8 Å². The van der Waals surface area contributed by atoms with Gasteiger partial charge in [0.15, 0.2) is 5.65 Å². The third-order valence-corrected chi connectivity index (χ3v) is 5.06. The Labute approximate surface area is 170 Å². The van der Waals surface area contributed by atoms with Gasteiger partial charge in [-0.25, -0.2) is 13.9 Å². The van der Waals surface area contributed by atoms with E-state index in [4.69, 9.17) is 4.74 Å². The average molecular weight is 387 g/mol. The molecule has 4 rings (SSSR count). The largest absolute Gasteiger partial charge is 0.493 e. The van der Waals surface area contributed by atoms with Crippen LogP contribution in [0.2, 0.25) is 0 Å². The highest BCUT2D eigenvalue weighted by Crippen LogP contribution is 2.20. The zero-order valence-corrected chi connectivity index (χ0v) is 17.0. The minimum absolute atomic E-state index is 0.128. The number of hydrogen-bond acceptors (Lipinski definition) is 3. The van der Waals surface area contributed by atoms with Gasteiger partial charge in [0, 0.05) is 12.1 Å². The summed E-state index contributed by atoms with van der Waals surface area (Å²) in [4.78, 5) is 12.9. The summed E-state index contributed by atoms with van der Waals surface area (Å²) in [6.45, 7) is 7.18. The van der Waals surface area contributed by atoms with Crippen LogP contribution < -0.4 is 10.4 Å². The normalized spacial score (nSPS) is 12.2. The number of hydrogen-bond donors (Lipinski definition) is 0. The van der Waals surface area contributed by atoms with Crippen LogP contribution in [0, 0.1) is 19.8 Å². The van der Waals surface area contributed by atoms with Gasteiger partial charge in [-0.05, 0) is 48.7 Å². The standard InChI is InChI=1S/C24H25N3O2/c1-17-8-10-20(11-9-17)21-12-13-23-25-27(24(28)26(23)15-21)14-18(2)16-29-22-7-5-4-6-19(22)3/h4-13,15,18H,14,16H2,1-3H3. The lowest BCUT2D eigenvalue weighted by molar-refractivity contribution is 0.237. The molecule has 5 heteroatoms. The van der Waals surface area contributed by atoms with Crippen molar-refractivity contribution >= 4 is 5.65 Å². The lowest BCUT2D eigenvalue weighted by Crippen LogP contribution is -2.26. The molecule has 0 aliphatic heterocycles. The maximum absolute atomic E-state index is 12.9. The van der Waals surface area contributed by atoms with Crippen LogP contribution in [0.5, 0.6) is 5.75 Å². The lowest BCUT2D eigenvalue weighted by atomic mass is 10.1. The Bertz CT molecular complexity index is 1190. The molecule has 2 heterocycles. The third-order valence-electron chi connectivity index (χ3n) is 5.06. The van der Waals surface area contributed by atoms with E-state index in [0.29, 0.717) is 18.8 Å². The molecule has 0 spiro atoms. The molecule has 0 fully saturated rings. The fraction of sp³-hybridized carbons (Fsp3) is 0.250. The molecule has 5 nitrogen and oxygen atoms in total. The summed E-state index contributed by atoms with van der Waals surface area (Å²) in [5, 5.41) is 4.49. The number of ether oxygens (including phenoxy) is 1. The molecule has 0 saturated carbocycles. The molecule has 0 saturated heterocycles. The summed E-state index contributed by atoms with van der Waals surface area (Å²) < 4.78 is 9.06. The van der Waals surface area contributed by atoms with Gasteiger partial charge < -0.3 is 4.74 Å². The molecular formula is C24H25N3O2. The maximum atomic E-state index is 12.9. The van der Waals surface area contributed by atoms with Gasteiger partial charge in [0.05, 0.1) is 13.2 Å². The van der Waals surface area contributed by atoms with Crippen LogP contribution in [0.3, 0.4) is 0 Å². The van der Waals surface area contributed by atoms with E-state index in [9.17, 15) is 4.79 Å². The Kier molecular flexibility index (Phi) is 5.21. The van der Waals surface area contributed by atoms with Crippen molar-refractivity contribution in [2.24, 2.45) is 5.92 Å². The van der Waals surface area contributed by atoms with E-state index in [0.717, 1.165) is 22.4 Å². The molecule has 148 valence electrons. The van der Waals surface area contributed by atoms with E-state index in [2.05, 4.69) is 43.2 Å². The monoisotopic (exact) mass is 387 g/mol.